The zero-order valence-electron chi connectivity index (χ0n) is 16.8. The van der Waals surface area contributed by atoms with Gasteiger partial charge in [-0.25, -0.2) is 18.2 Å². The van der Waals surface area contributed by atoms with E-state index in [1.165, 1.54) is 16.7 Å². The van der Waals surface area contributed by atoms with Crippen LogP contribution in [0.2, 0.25) is 0 Å². The molecule has 0 amide bonds. The van der Waals surface area contributed by atoms with Crippen molar-refractivity contribution in [3.8, 4) is 0 Å². The Morgan fingerprint density at radius 1 is 1.27 bits per heavy atom. The second-order valence-corrected chi connectivity index (χ2v) is 7.67. The van der Waals surface area contributed by atoms with Gasteiger partial charge in [0, 0.05) is 47.9 Å². The Labute approximate surface area is 171 Å². The fourth-order valence-electron chi connectivity index (χ4n) is 4.10. The molecule has 2 atom stereocenters. The molecule has 2 N–H and O–H groups in total. The molecule has 0 spiro atoms. The van der Waals surface area contributed by atoms with Crippen LogP contribution >= 0.6 is 0 Å². The maximum absolute atomic E-state index is 14.6. The molecule has 5 nitrogen and oxygen atoms in total. The molecule has 1 aromatic carbocycles. The number of rotatable bonds is 5. The van der Waals surface area contributed by atoms with Crippen LogP contribution in [0.1, 0.15) is 48.4 Å². The quantitative estimate of drug-likeness (QED) is 0.653. The van der Waals surface area contributed by atoms with Crippen molar-refractivity contribution in [1.29, 1.82) is 0 Å². The lowest BCUT2D eigenvalue weighted by Gasteiger charge is -2.20. The Hall–Kier alpha value is -2.87. The van der Waals surface area contributed by atoms with Crippen LogP contribution in [-0.4, -0.2) is 22.6 Å². The van der Waals surface area contributed by atoms with Crippen molar-refractivity contribution in [2.24, 2.45) is 7.05 Å². The number of anilines is 1. The Morgan fingerprint density at radius 2 is 2.03 bits per heavy atom. The van der Waals surface area contributed by atoms with E-state index in [2.05, 4.69) is 15.6 Å². The monoisotopic (exact) mass is 416 g/mol. The number of fused-ring (bicyclic) bond motifs is 1. The average Bonchev–Trinajstić information content (AvgIpc) is 3.25. The van der Waals surface area contributed by atoms with Gasteiger partial charge in [0.15, 0.2) is 0 Å². The van der Waals surface area contributed by atoms with Crippen LogP contribution in [0.5, 0.6) is 0 Å². The highest BCUT2D eigenvalue weighted by atomic mass is 19.3. The topological polar surface area (TPSA) is 59.0 Å². The lowest BCUT2D eigenvalue weighted by atomic mass is 9.98. The van der Waals surface area contributed by atoms with E-state index in [0.717, 1.165) is 31.0 Å². The molecule has 8 heteroatoms. The first-order valence-corrected chi connectivity index (χ1v) is 9.90. The van der Waals surface area contributed by atoms with E-state index in [1.54, 1.807) is 26.2 Å². The molecule has 158 valence electrons. The van der Waals surface area contributed by atoms with Gasteiger partial charge in [-0.15, -0.1) is 0 Å². The Balaban J connectivity index is 1.76. The van der Waals surface area contributed by atoms with Crippen molar-refractivity contribution < 1.29 is 13.2 Å². The fourth-order valence-corrected chi connectivity index (χ4v) is 4.10. The minimum Gasteiger partial charge on any atom is -0.378 e. The number of hydrogen-bond acceptors (Lipinski definition) is 4. The standard InChI is InChI=1S/C22H23F3N4O/c1-12(14-4-3-5-15(19(14)23)20(24)25)28-18-7-9-27-21-17(18)10-16(22(30)29(21)2)13-6-8-26-11-13/h3-5,7,9-10,12-13,20,26H,6,8,11H2,1-2H3,(H,27,28)/t12-,13?/m1/s1. The van der Waals surface area contributed by atoms with Crippen molar-refractivity contribution >= 4 is 16.7 Å². The predicted octanol–water partition coefficient (Wildman–Crippen LogP) is 4.26. The number of nitrogens with one attached hydrogen (secondary N) is 2. The van der Waals surface area contributed by atoms with Crippen molar-refractivity contribution in [2.45, 2.75) is 31.7 Å². The number of aromatic nitrogens is 2. The van der Waals surface area contributed by atoms with Gasteiger partial charge in [0.25, 0.3) is 12.0 Å². The van der Waals surface area contributed by atoms with Gasteiger partial charge in [0.05, 0.1) is 11.6 Å². The van der Waals surface area contributed by atoms with Crippen molar-refractivity contribution in [3.05, 3.63) is 69.4 Å². The zero-order chi connectivity index (χ0) is 21.4. The van der Waals surface area contributed by atoms with Gasteiger partial charge in [-0.1, -0.05) is 18.2 Å². The Morgan fingerprint density at radius 3 is 2.73 bits per heavy atom. The summed E-state index contributed by atoms with van der Waals surface area (Å²) in [4.78, 5) is 17.2. The predicted molar refractivity (Wildman–Crippen MR) is 111 cm³/mol. The number of aryl methyl sites for hydroxylation is 1. The second kappa shape index (κ2) is 8.10. The number of hydrogen-bond donors (Lipinski definition) is 2. The highest BCUT2D eigenvalue weighted by Gasteiger charge is 2.23. The molecule has 2 aromatic heterocycles. The molecule has 3 heterocycles. The molecule has 3 aromatic rings. The molecule has 4 rings (SSSR count). The van der Waals surface area contributed by atoms with Crippen molar-refractivity contribution in [2.75, 3.05) is 18.4 Å². The zero-order valence-corrected chi connectivity index (χ0v) is 16.8. The van der Waals surface area contributed by atoms with Gasteiger partial charge in [0.2, 0.25) is 0 Å². The fraction of sp³-hybridized carbons (Fsp3) is 0.364. The molecule has 1 unspecified atom stereocenters. The molecule has 0 saturated carbocycles. The highest BCUT2D eigenvalue weighted by Crippen LogP contribution is 2.31. The highest BCUT2D eigenvalue weighted by molar-refractivity contribution is 5.89. The normalized spacial score (nSPS) is 17.6. The van der Waals surface area contributed by atoms with Gasteiger partial charge >= 0.3 is 0 Å². The first-order chi connectivity index (χ1) is 14.4. The van der Waals surface area contributed by atoms with Gasteiger partial charge < -0.3 is 10.6 Å². The van der Waals surface area contributed by atoms with E-state index in [4.69, 9.17) is 0 Å². The van der Waals surface area contributed by atoms with Crippen LogP contribution in [0, 0.1) is 5.82 Å². The number of nitrogens with zero attached hydrogens (tertiary/aromatic N) is 2. The Bertz CT molecular complexity index is 1140. The summed E-state index contributed by atoms with van der Waals surface area (Å²) in [7, 11) is 1.68. The third-order valence-electron chi connectivity index (χ3n) is 5.77. The van der Waals surface area contributed by atoms with Crippen molar-refractivity contribution in [1.82, 2.24) is 14.9 Å². The molecule has 0 aliphatic carbocycles. The molecule has 0 radical (unpaired) electrons. The molecule has 1 aliphatic heterocycles. The summed E-state index contributed by atoms with van der Waals surface area (Å²) in [6, 6.07) is 7.04. The molecule has 1 saturated heterocycles. The van der Waals surface area contributed by atoms with Gasteiger partial charge in [0.1, 0.15) is 11.5 Å². The lowest BCUT2D eigenvalue weighted by molar-refractivity contribution is 0.146. The summed E-state index contributed by atoms with van der Waals surface area (Å²) in [6.45, 7) is 3.32. The van der Waals surface area contributed by atoms with Crippen LogP contribution in [0.3, 0.4) is 0 Å². The minimum atomic E-state index is -2.88. The van der Waals surface area contributed by atoms with Crippen LogP contribution in [0.25, 0.3) is 11.0 Å². The summed E-state index contributed by atoms with van der Waals surface area (Å²) in [5, 5.41) is 7.22. The lowest BCUT2D eigenvalue weighted by Crippen LogP contribution is -2.25. The van der Waals surface area contributed by atoms with E-state index >= 15 is 0 Å². The molecular weight excluding hydrogens is 393 g/mol. The number of pyridine rings is 2. The summed E-state index contributed by atoms with van der Waals surface area (Å²) in [5.41, 5.74) is 1.35. The van der Waals surface area contributed by atoms with Gasteiger partial charge in [-0.2, -0.15) is 0 Å². The van der Waals surface area contributed by atoms with E-state index in [9.17, 15) is 18.0 Å². The molecule has 1 aliphatic rings. The minimum absolute atomic E-state index is 0.0791. The number of halogens is 3. The summed E-state index contributed by atoms with van der Waals surface area (Å²) in [5.74, 6) is -0.783. The Kier molecular flexibility index (Phi) is 5.51. The third kappa shape index (κ3) is 3.56. The van der Waals surface area contributed by atoms with Crippen LogP contribution in [-0.2, 0) is 7.05 Å². The number of alkyl halides is 2. The smallest absolute Gasteiger partial charge is 0.266 e. The molecule has 30 heavy (non-hydrogen) atoms. The largest absolute Gasteiger partial charge is 0.378 e. The second-order valence-electron chi connectivity index (χ2n) is 7.67. The average molecular weight is 416 g/mol. The maximum atomic E-state index is 14.6. The first kappa shape index (κ1) is 20.4. The van der Waals surface area contributed by atoms with Crippen molar-refractivity contribution in [3.63, 3.8) is 0 Å². The van der Waals surface area contributed by atoms with Gasteiger partial charge in [-0.3, -0.25) is 9.36 Å². The molecule has 1 fully saturated rings. The first-order valence-electron chi connectivity index (χ1n) is 9.90. The summed E-state index contributed by atoms with van der Waals surface area (Å²) in [6.07, 6.45) is -0.429. The van der Waals surface area contributed by atoms with Crippen LogP contribution in [0.15, 0.2) is 41.3 Å². The van der Waals surface area contributed by atoms with E-state index in [0.29, 0.717) is 16.9 Å². The summed E-state index contributed by atoms with van der Waals surface area (Å²) < 4.78 is 42.3. The SMILES string of the molecule is C[C@@H](Nc1ccnc2c1cc(C1CCNC1)c(=O)n2C)c1cccc(C(F)F)c1F. The van der Waals surface area contributed by atoms with E-state index in [-0.39, 0.29) is 17.0 Å². The van der Waals surface area contributed by atoms with Crippen LogP contribution < -0.4 is 16.2 Å². The van der Waals surface area contributed by atoms with Crippen LogP contribution in [0.4, 0.5) is 18.9 Å². The van der Waals surface area contributed by atoms with E-state index in [1.807, 2.05) is 6.07 Å². The maximum Gasteiger partial charge on any atom is 0.266 e. The van der Waals surface area contributed by atoms with E-state index < -0.39 is 23.8 Å². The van der Waals surface area contributed by atoms with Gasteiger partial charge in [-0.05, 0) is 32.0 Å². The number of benzene rings is 1. The third-order valence-corrected chi connectivity index (χ3v) is 5.77. The summed E-state index contributed by atoms with van der Waals surface area (Å²) >= 11 is 0. The molecular formula is C22H23F3N4O. The molecule has 0 bridgehead atoms.